The normalized spacial score (nSPS) is 10.5. The Labute approximate surface area is 97.6 Å². The Morgan fingerprint density at radius 3 is 2.13 bits per heavy atom. The van der Waals surface area contributed by atoms with Gasteiger partial charge < -0.3 is 4.90 Å². The van der Waals surface area contributed by atoms with Crippen LogP contribution >= 0.6 is 11.8 Å². The molecule has 0 aliphatic carbocycles. The minimum Gasteiger partial charge on any atom is -0.373 e. The van der Waals surface area contributed by atoms with Crippen LogP contribution in [-0.4, -0.2) is 20.6 Å². The van der Waals surface area contributed by atoms with E-state index < -0.39 is 0 Å². The van der Waals surface area contributed by atoms with Gasteiger partial charge in [-0.05, 0) is 18.1 Å². The fraction of sp³-hybridized carbons (Fsp3) is 0.500. The maximum atomic E-state index is 6.00. The van der Waals surface area contributed by atoms with Crippen LogP contribution in [0.15, 0.2) is 24.3 Å². The van der Waals surface area contributed by atoms with Crippen LogP contribution in [0.2, 0.25) is 0 Å². The molecule has 3 heteroatoms. The molecule has 0 heterocycles. The van der Waals surface area contributed by atoms with Crippen molar-refractivity contribution in [2.24, 2.45) is 5.92 Å². The number of hydrogen-bond acceptors (Lipinski definition) is 2. The molecule has 0 fully saturated rings. The molecule has 84 valence electrons. The molecule has 0 aliphatic rings. The van der Waals surface area contributed by atoms with Crippen LogP contribution < -0.4 is 9.32 Å². The third-order valence-electron chi connectivity index (χ3n) is 2.26. The van der Waals surface area contributed by atoms with Gasteiger partial charge in [-0.2, -0.15) is 0 Å². The van der Waals surface area contributed by atoms with Crippen LogP contribution in [0.25, 0.3) is 0 Å². The van der Waals surface area contributed by atoms with Gasteiger partial charge in [0.1, 0.15) is 0 Å². The third kappa shape index (κ3) is 3.31. The van der Waals surface area contributed by atoms with E-state index in [1.807, 2.05) is 25.2 Å². The molecule has 0 aromatic heterocycles. The summed E-state index contributed by atoms with van der Waals surface area (Å²) in [6.07, 6.45) is 0. The molecule has 15 heavy (non-hydrogen) atoms. The Balaban J connectivity index is 2.92. The van der Waals surface area contributed by atoms with Crippen molar-refractivity contribution in [3.63, 3.8) is 0 Å². The minimum atomic E-state index is 0.642. The van der Waals surface area contributed by atoms with Gasteiger partial charge in [0.2, 0.25) is 0 Å². The lowest BCUT2D eigenvalue weighted by Gasteiger charge is -2.25. The van der Waals surface area contributed by atoms with Crippen LogP contribution in [0.5, 0.6) is 0 Å². The molecule has 1 aromatic rings. The molecule has 1 aromatic carbocycles. The number of nitrogens with zero attached hydrogens (tertiary/aromatic N) is 2. The average Bonchev–Trinajstić information content (AvgIpc) is 2.16. The smallest absolute Gasteiger partial charge is 0.0753 e. The summed E-state index contributed by atoms with van der Waals surface area (Å²) in [4.78, 5) is 2.24. The number of hydrogen-bond donors (Lipinski definition) is 0. The molecular formula is C12H19ClN2. The average molecular weight is 227 g/mol. The molecule has 0 saturated carbocycles. The van der Waals surface area contributed by atoms with Crippen molar-refractivity contribution in [3.05, 3.63) is 24.3 Å². The molecule has 0 amide bonds. The zero-order valence-electron chi connectivity index (χ0n) is 9.87. The Kier molecular flexibility index (Phi) is 4.28. The molecule has 0 atom stereocenters. The zero-order valence-corrected chi connectivity index (χ0v) is 10.6. The highest BCUT2D eigenvalue weighted by molar-refractivity contribution is 6.26. The SMILES string of the molecule is CC(C)CN(C)c1ccccc1N(C)Cl. The van der Waals surface area contributed by atoms with E-state index in [9.17, 15) is 0 Å². The van der Waals surface area contributed by atoms with Crippen LogP contribution in [0, 0.1) is 5.92 Å². The molecule has 2 nitrogen and oxygen atoms in total. The standard InChI is InChI=1S/C12H19ClN2/c1-10(2)9-14(3)11-7-5-6-8-12(11)15(4)13/h5-8,10H,9H2,1-4H3. The molecule has 1 rings (SSSR count). The predicted molar refractivity (Wildman–Crippen MR) is 68.8 cm³/mol. The fourth-order valence-corrected chi connectivity index (χ4v) is 1.84. The largest absolute Gasteiger partial charge is 0.373 e. The summed E-state index contributed by atoms with van der Waals surface area (Å²) in [5.41, 5.74) is 2.21. The van der Waals surface area contributed by atoms with E-state index in [0.29, 0.717) is 5.92 Å². The highest BCUT2D eigenvalue weighted by Gasteiger charge is 2.10. The summed E-state index contributed by atoms with van der Waals surface area (Å²) in [6, 6.07) is 8.16. The predicted octanol–water partition coefficient (Wildman–Crippen LogP) is 3.37. The Hall–Kier alpha value is -0.890. The Morgan fingerprint density at radius 2 is 1.67 bits per heavy atom. The summed E-state index contributed by atoms with van der Waals surface area (Å²) >= 11 is 6.00. The van der Waals surface area contributed by atoms with Crippen molar-refractivity contribution in [1.82, 2.24) is 0 Å². The van der Waals surface area contributed by atoms with Gasteiger partial charge in [-0.25, -0.2) is 0 Å². The van der Waals surface area contributed by atoms with E-state index in [2.05, 4.69) is 31.9 Å². The lowest BCUT2D eigenvalue weighted by atomic mass is 10.2. The van der Waals surface area contributed by atoms with Crippen molar-refractivity contribution in [3.8, 4) is 0 Å². The summed E-state index contributed by atoms with van der Waals surface area (Å²) in [7, 11) is 3.95. The molecule has 0 bridgehead atoms. The zero-order chi connectivity index (χ0) is 11.4. The minimum absolute atomic E-state index is 0.642. The Morgan fingerprint density at radius 1 is 1.13 bits per heavy atom. The van der Waals surface area contributed by atoms with E-state index in [1.54, 1.807) is 4.42 Å². The van der Waals surface area contributed by atoms with E-state index in [4.69, 9.17) is 11.8 Å². The summed E-state index contributed by atoms with van der Waals surface area (Å²) in [5, 5.41) is 0. The first-order chi connectivity index (χ1) is 7.02. The molecular weight excluding hydrogens is 208 g/mol. The van der Waals surface area contributed by atoms with Crippen LogP contribution in [0.3, 0.4) is 0 Å². The van der Waals surface area contributed by atoms with E-state index >= 15 is 0 Å². The second kappa shape index (κ2) is 5.26. The van der Waals surface area contributed by atoms with Gasteiger partial charge in [-0.15, -0.1) is 0 Å². The molecule has 0 radical (unpaired) electrons. The monoisotopic (exact) mass is 226 g/mol. The summed E-state index contributed by atoms with van der Waals surface area (Å²) < 4.78 is 1.63. The highest BCUT2D eigenvalue weighted by Crippen LogP contribution is 2.28. The summed E-state index contributed by atoms with van der Waals surface area (Å²) in [5.74, 6) is 0.642. The first-order valence-corrected chi connectivity index (χ1v) is 5.56. The second-order valence-electron chi connectivity index (χ2n) is 4.24. The first-order valence-electron chi connectivity index (χ1n) is 5.22. The van der Waals surface area contributed by atoms with Crippen molar-refractivity contribution >= 4 is 23.2 Å². The van der Waals surface area contributed by atoms with Crippen molar-refractivity contribution < 1.29 is 0 Å². The highest BCUT2D eigenvalue weighted by atomic mass is 35.5. The quantitative estimate of drug-likeness (QED) is 0.727. The lowest BCUT2D eigenvalue weighted by Crippen LogP contribution is -2.24. The van der Waals surface area contributed by atoms with E-state index in [1.165, 1.54) is 5.69 Å². The van der Waals surface area contributed by atoms with Crippen molar-refractivity contribution in [1.29, 1.82) is 0 Å². The maximum Gasteiger partial charge on any atom is 0.0753 e. The number of benzene rings is 1. The molecule has 0 N–H and O–H groups in total. The molecule has 0 aliphatic heterocycles. The Bertz CT molecular complexity index is 310. The van der Waals surface area contributed by atoms with Gasteiger partial charge >= 0.3 is 0 Å². The van der Waals surface area contributed by atoms with Crippen molar-refractivity contribution in [2.75, 3.05) is 30.0 Å². The number of rotatable bonds is 4. The molecule has 0 unspecified atom stereocenters. The third-order valence-corrected chi connectivity index (χ3v) is 2.45. The van der Waals surface area contributed by atoms with Gasteiger partial charge in [0.15, 0.2) is 0 Å². The lowest BCUT2D eigenvalue weighted by molar-refractivity contribution is 0.638. The maximum absolute atomic E-state index is 6.00. The van der Waals surface area contributed by atoms with Gasteiger partial charge in [0.05, 0.1) is 11.4 Å². The molecule has 0 spiro atoms. The fourth-order valence-electron chi connectivity index (χ4n) is 1.69. The van der Waals surface area contributed by atoms with Gasteiger partial charge in [0.25, 0.3) is 0 Å². The van der Waals surface area contributed by atoms with Gasteiger partial charge in [0, 0.05) is 32.4 Å². The van der Waals surface area contributed by atoms with Crippen LogP contribution in [0.4, 0.5) is 11.4 Å². The number of halogens is 1. The van der Waals surface area contributed by atoms with Gasteiger partial charge in [-0.1, -0.05) is 26.0 Å². The van der Waals surface area contributed by atoms with Crippen molar-refractivity contribution in [2.45, 2.75) is 13.8 Å². The molecule has 0 saturated heterocycles. The topological polar surface area (TPSA) is 6.48 Å². The van der Waals surface area contributed by atoms with Crippen LogP contribution in [0.1, 0.15) is 13.8 Å². The van der Waals surface area contributed by atoms with Gasteiger partial charge in [-0.3, -0.25) is 4.42 Å². The second-order valence-corrected chi connectivity index (χ2v) is 4.75. The van der Waals surface area contributed by atoms with E-state index in [-0.39, 0.29) is 0 Å². The van der Waals surface area contributed by atoms with E-state index in [0.717, 1.165) is 12.2 Å². The van der Waals surface area contributed by atoms with Crippen LogP contribution in [-0.2, 0) is 0 Å². The summed E-state index contributed by atoms with van der Waals surface area (Å²) in [6.45, 7) is 5.45. The first kappa shape index (κ1) is 12.2. The number of para-hydroxylation sites is 2. The number of anilines is 2.